The molecule has 0 amide bonds. The predicted octanol–water partition coefficient (Wildman–Crippen LogP) is 2.89. The fourth-order valence-electron chi connectivity index (χ4n) is 3.19. The highest BCUT2D eigenvalue weighted by Crippen LogP contribution is 2.23. The van der Waals surface area contributed by atoms with Crippen molar-refractivity contribution in [2.75, 3.05) is 26.2 Å². The van der Waals surface area contributed by atoms with Crippen molar-refractivity contribution < 1.29 is 4.74 Å². The fourth-order valence-corrected chi connectivity index (χ4v) is 3.19. The lowest BCUT2D eigenvalue weighted by molar-refractivity contribution is 0.134. The quantitative estimate of drug-likeness (QED) is 0.812. The molecule has 2 atom stereocenters. The third-order valence-corrected chi connectivity index (χ3v) is 3.87. The van der Waals surface area contributed by atoms with Gasteiger partial charge >= 0.3 is 0 Å². The first-order valence-electron chi connectivity index (χ1n) is 7.81. The van der Waals surface area contributed by atoms with Crippen LogP contribution in [0.15, 0.2) is 24.3 Å². The van der Waals surface area contributed by atoms with E-state index in [1.807, 2.05) is 6.07 Å². The first-order chi connectivity index (χ1) is 9.67. The number of ether oxygens (including phenoxy) is 1. The van der Waals surface area contributed by atoms with Crippen LogP contribution in [0.1, 0.15) is 32.3 Å². The van der Waals surface area contributed by atoms with E-state index in [1.165, 1.54) is 25.1 Å². The highest BCUT2D eigenvalue weighted by Gasteiger charge is 2.21. The normalized spacial score (nSPS) is 23.8. The largest absolute Gasteiger partial charge is 0.494 e. The van der Waals surface area contributed by atoms with Crippen LogP contribution in [0.4, 0.5) is 0 Å². The second kappa shape index (κ2) is 7.65. The molecule has 0 aliphatic carbocycles. The third-order valence-electron chi connectivity index (χ3n) is 3.87. The average molecular weight is 276 g/mol. The van der Waals surface area contributed by atoms with Crippen LogP contribution in [0, 0.1) is 11.8 Å². The summed E-state index contributed by atoms with van der Waals surface area (Å²) in [6.45, 7) is 9.55. The van der Waals surface area contributed by atoms with Crippen LogP contribution in [-0.4, -0.2) is 31.1 Å². The molecular weight excluding hydrogens is 248 g/mol. The number of rotatable bonds is 6. The Hall–Kier alpha value is -1.06. The lowest BCUT2D eigenvalue weighted by Gasteiger charge is -2.35. The Morgan fingerprint density at radius 2 is 2.00 bits per heavy atom. The van der Waals surface area contributed by atoms with Gasteiger partial charge in [0.15, 0.2) is 0 Å². The van der Waals surface area contributed by atoms with Crippen LogP contribution < -0.4 is 10.5 Å². The summed E-state index contributed by atoms with van der Waals surface area (Å²) in [7, 11) is 0. The van der Waals surface area contributed by atoms with Gasteiger partial charge in [0.2, 0.25) is 0 Å². The van der Waals surface area contributed by atoms with E-state index in [2.05, 4.69) is 36.9 Å². The standard InChI is InChI=1S/C17H28N2O/c1-14-9-15(2)12-19(11-14)13-16-5-3-6-17(10-16)20-8-4-7-18/h3,5-6,10,14-15H,4,7-9,11-13,18H2,1-2H3. The molecule has 3 heteroatoms. The van der Waals surface area contributed by atoms with Gasteiger partial charge in [-0.2, -0.15) is 0 Å². The molecule has 0 spiro atoms. The van der Waals surface area contributed by atoms with Crippen molar-refractivity contribution in [3.63, 3.8) is 0 Å². The zero-order valence-electron chi connectivity index (χ0n) is 12.8. The van der Waals surface area contributed by atoms with Crippen molar-refractivity contribution in [1.29, 1.82) is 0 Å². The van der Waals surface area contributed by atoms with Gasteiger partial charge in [0.1, 0.15) is 5.75 Å². The lowest BCUT2D eigenvalue weighted by Crippen LogP contribution is -2.38. The van der Waals surface area contributed by atoms with Gasteiger partial charge in [-0.3, -0.25) is 4.90 Å². The molecule has 3 nitrogen and oxygen atoms in total. The first-order valence-corrected chi connectivity index (χ1v) is 7.81. The minimum absolute atomic E-state index is 0.684. The van der Waals surface area contributed by atoms with Gasteiger partial charge in [0.05, 0.1) is 6.61 Å². The molecule has 1 aromatic carbocycles. The number of hydrogen-bond acceptors (Lipinski definition) is 3. The van der Waals surface area contributed by atoms with Crippen molar-refractivity contribution in [2.24, 2.45) is 17.6 Å². The number of likely N-dealkylation sites (tertiary alicyclic amines) is 1. The molecule has 1 fully saturated rings. The molecule has 1 aromatic rings. The summed E-state index contributed by atoms with van der Waals surface area (Å²) in [5.74, 6) is 2.58. The van der Waals surface area contributed by atoms with Gasteiger partial charge in [-0.1, -0.05) is 26.0 Å². The smallest absolute Gasteiger partial charge is 0.119 e. The molecule has 1 heterocycles. The molecule has 0 aromatic heterocycles. The van der Waals surface area contributed by atoms with Gasteiger partial charge in [-0.25, -0.2) is 0 Å². The van der Waals surface area contributed by atoms with Crippen molar-refractivity contribution >= 4 is 0 Å². The molecular formula is C17H28N2O. The maximum atomic E-state index is 5.72. The molecule has 0 bridgehead atoms. The molecule has 2 unspecified atom stereocenters. The van der Waals surface area contributed by atoms with Crippen molar-refractivity contribution in [3.8, 4) is 5.75 Å². The van der Waals surface area contributed by atoms with Crippen LogP contribution in [-0.2, 0) is 6.54 Å². The van der Waals surface area contributed by atoms with E-state index in [4.69, 9.17) is 10.5 Å². The molecule has 0 saturated carbocycles. The van der Waals surface area contributed by atoms with Crippen LogP contribution in [0.3, 0.4) is 0 Å². The van der Waals surface area contributed by atoms with Crippen LogP contribution >= 0.6 is 0 Å². The second-order valence-corrected chi connectivity index (χ2v) is 6.28. The average Bonchev–Trinajstić information content (AvgIpc) is 2.38. The maximum Gasteiger partial charge on any atom is 0.119 e. The Morgan fingerprint density at radius 3 is 2.70 bits per heavy atom. The van der Waals surface area contributed by atoms with Gasteiger partial charge < -0.3 is 10.5 Å². The minimum atomic E-state index is 0.684. The Kier molecular flexibility index (Phi) is 5.86. The van der Waals surface area contributed by atoms with E-state index in [1.54, 1.807) is 0 Å². The number of nitrogens with two attached hydrogens (primary N) is 1. The number of nitrogens with zero attached hydrogens (tertiary/aromatic N) is 1. The third kappa shape index (κ3) is 4.80. The molecule has 112 valence electrons. The topological polar surface area (TPSA) is 38.5 Å². The molecule has 1 aliphatic heterocycles. The van der Waals surface area contributed by atoms with Crippen molar-refractivity contribution in [2.45, 2.75) is 33.2 Å². The van der Waals surface area contributed by atoms with Crippen molar-refractivity contribution in [3.05, 3.63) is 29.8 Å². The molecule has 1 saturated heterocycles. The monoisotopic (exact) mass is 276 g/mol. The molecule has 20 heavy (non-hydrogen) atoms. The van der Waals surface area contributed by atoms with Crippen LogP contribution in [0.5, 0.6) is 5.75 Å². The summed E-state index contributed by atoms with van der Waals surface area (Å²) < 4.78 is 5.72. The molecule has 0 radical (unpaired) electrons. The Labute approximate surface area is 123 Å². The van der Waals surface area contributed by atoms with Gasteiger partial charge in [-0.05, 0) is 48.9 Å². The minimum Gasteiger partial charge on any atom is -0.494 e. The summed E-state index contributed by atoms with van der Waals surface area (Å²) in [5, 5.41) is 0. The highest BCUT2D eigenvalue weighted by molar-refractivity contribution is 5.28. The van der Waals surface area contributed by atoms with Gasteiger partial charge in [0.25, 0.3) is 0 Å². The van der Waals surface area contributed by atoms with Crippen LogP contribution in [0.25, 0.3) is 0 Å². The summed E-state index contributed by atoms with van der Waals surface area (Å²) in [6.07, 6.45) is 2.27. The highest BCUT2D eigenvalue weighted by atomic mass is 16.5. The Bertz CT molecular complexity index is 398. The van der Waals surface area contributed by atoms with E-state index in [0.29, 0.717) is 13.2 Å². The predicted molar refractivity (Wildman–Crippen MR) is 83.8 cm³/mol. The van der Waals surface area contributed by atoms with Gasteiger partial charge in [0, 0.05) is 19.6 Å². The summed E-state index contributed by atoms with van der Waals surface area (Å²) >= 11 is 0. The SMILES string of the molecule is CC1CC(C)CN(Cc2cccc(OCCCN)c2)C1. The summed E-state index contributed by atoms with van der Waals surface area (Å²) in [6, 6.07) is 8.48. The lowest BCUT2D eigenvalue weighted by atomic mass is 9.91. The van der Waals surface area contributed by atoms with E-state index in [9.17, 15) is 0 Å². The fraction of sp³-hybridized carbons (Fsp3) is 0.647. The Balaban J connectivity index is 1.90. The Morgan fingerprint density at radius 1 is 1.25 bits per heavy atom. The maximum absolute atomic E-state index is 5.72. The molecule has 1 aliphatic rings. The van der Waals surface area contributed by atoms with Crippen LogP contribution in [0.2, 0.25) is 0 Å². The number of hydrogen-bond donors (Lipinski definition) is 1. The van der Waals surface area contributed by atoms with E-state index in [0.717, 1.165) is 30.6 Å². The zero-order valence-corrected chi connectivity index (χ0v) is 12.8. The van der Waals surface area contributed by atoms with Gasteiger partial charge in [-0.15, -0.1) is 0 Å². The first kappa shape index (κ1) is 15.3. The van der Waals surface area contributed by atoms with E-state index >= 15 is 0 Å². The second-order valence-electron chi connectivity index (χ2n) is 6.28. The zero-order chi connectivity index (χ0) is 14.4. The van der Waals surface area contributed by atoms with E-state index in [-0.39, 0.29) is 0 Å². The number of benzene rings is 1. The van der Waals surface area contributed by atoms with Crippen molar-refractivity contribution in [1.82, 2.24) is 4.90 Å². The number of piperidine rings is 1. The molecule has 2 rings (SSSR count). The molecule has 2 N–H and O–H groups in total. The summed E-state index contributed by atoms with van der Waals surface area (Å²) in [5.41, 5.74) is 6.83. The summed E-state index contributed by atoms with van der Waals surface area (Å²) in [4.78, 5) is 2.57. The van der Waals surface area contributed by atoms with E-state index < -0.39 is 0 Å².